The Hall–Kier alpha value is -4.32. The number of aldehydes is 2. The van der Waals surface area contributed by atoms with Gasteiger partial charge >= 0.3 is 17.9 Å². The van der Waals surface area contributed by atoms with Gasteiger partial charge in [0.25, 0.3) is 0 Å². The summed E-state index contributed by atoms with van der Waals surface area (Å²) in [6, 6.07) is 8.98. The molecule has 2 aromatic rings. The van der Waals surface area contributed by atoms with E-state index in [1.54, 1.807) is 0 Å². The highest BCUT2D eigenvalue weighted by molar-refractivity contribution is 6.03. The first-order valence-corrected chi connectivity index (χ1v) is 7.03. The molecule has 9 nitrogen and oxygen atoms in total. The smallest absolute Gasteiger partial charge is 0.336 e. The molecule has 160 valence electrons. The highest BCUT2D eigenvalue weighted by atomic mass is 16.4. The van der Waals surface area contributed by atoms with E-state index in [0.717, 1.165) is 18.2 Å². The SMILES string of the molecule is C.C.C.N#Cc1cc(C=O)ccc1C=O.O=C(O)c1ccc(C(=O)O)c(C(=O)O)c1. The molecule has 0 aromatic heterocycles. The summed E-state index contributed by atoms with van der Waals surface area (Å²) in [7, 11) is 0. The Balaban J connectivity index is -0.000000450. The number of rotatable bonds is 5. The normalized spacial score (nSPS) is 8.23. The number of benzene rings is 2. The Kier molecular flexibility index (Phi) is 14.0. The maximum atomic E-state index is 10.6. The Morgan fingerprint density at radius 2 is 1.33 bits per heavy atom. The highest BCUT2D eigenvalue weighted by Gasteiger charge is 2.17. The summed E-state index contributed by atoms with van der Waals surface area (Å²) < 4.78 is 0. The van der Waals surface area contributed by atoms with Gasteiger partial charge in [-0.05, 0) is 30.3 Å². The lowest BCUT2D eigenvalue weighted by atomic mass is 10.0. The topological polar surface area (TPSA) is 170 Å². The zero-order valence-corrected chi connectivity index (χ0v) is 13.4. The maximum Gasteiger partial charge on any atom is 0.336 e. The van der Waals surface area contributed by atoms with Gasteiger partial charge in [-0.25, -0.2) is 14.4 Å². The molecule has 0 heterocycles. The first-order chi connectivity index (χ1) is 12.7. The molecule has 0 atom stereocenters. The van der Waals surface area contributed by atoms with Crippen molar-refractivity contribution in [3.8, 4) is 6.07 Å². The van der Waals surface area contributed by atoms with Crippen LogP contribution in [0.3, 0.4) is 0 Å². The molecular formula is C21H23NO8. The molecule has 0 aliphatic rings. The number of carbonyl (C=O) groups is 5. The zero-order valence-electron chi connectivity index (χ0n) is 13.4. The number of carboxylic acids is 3. The second kappa shape index (κ2) is 13.8. The van der Waals surface area contributed by atoms with Gasteiger partial charge < -0.3 is 15.3 Å². The van der Waals surface area contributed by atoms with Crippen molar-refractivity contribution in [3.63, 3.8) is 0 Å². The van der Waals surface area contributed by atoms with Crippen molar-refractivity contribution < 1.29 is 39.3 Å². The van der Waals surface area contributed by atoms with Gasteiger partial charge in [-0.1, -0.05) is 28.3 Å². The zero-order chi connectivity index (χ0) is 20.6. The maximum absolute atomic E-state index is 10.6. The van der Waals surface area contributed by atoms with Crippen LogP contribution in [-0.2, 0) is 0 Å². The summed E-state index contributed by atoms with van der Waals surface area (Å²) in [5.41, 5.74) is -0.304. The van der Waals surface area contributed by atoms with Crippen molar-refractivity contribution in [1.82, 2.24) is 0 Å². The number of nitriles is 1. The van der Waals surface area contributed by atoms with Crippen molar-refractivity contribution in [3.05, 3.63) is 69.8 Å². The van der Waals surface area contributed by atoms with Gasteiger partial charge in [0.15, 0.2) is 6.29 Å². The Morgan fingerprint density at radius 1 is 0.767 bits per heavy atom. The number of aromatic carboxylic acids is 3. The van der Waals surface area contributed by atoms with Crippen LogP contribution < -0.4 is 0 Å². The summed E-state index contributed by atoms with van der Waals surface area (Å²) in [6.07, 6.45) is 1.22. The van der Waals surface area contributed by atoms with Crippen molar-refractivity contribution in [2.75, 3.05) is 0 Å². The van der Waals surface area contributed by atoms with Crippen LogP contribution in [0.15, 0.2) is 36.4 Å². The molecular weight excluding hydrogens is 394 g/mol. The molecule has 0 saturated carbocycles. The standard InChI is InChI=1S/C9H5NO2.C9H6O6.3CH4/c10-4-9-3-7(5-11)1-2-8(9)6-12;10-7(11)4-1-2-5(8(12)13)6(3-4)9(14)15;;;/h1-3,5-6H;1-3H,(H,10,11)(H,12,13)(H,14,15);3*1H4. The van der Waals surface area contributed by atoms with Crippen LogP contribution in [0.2, 0.25) is 0 Å². The number of hydrogen-bond acceptors (Lipinski definition) is 6. The van der Waals surface area contributed by atoms with Crippen molar-refractivity contribution in [2.24, 2.45) is 0 Å². The van der Waals surface area contributed by atoms with Crippen LogP contribution in [0.4, 0.5) is 0 Å². The fourth-order valence-electron chi connectivity index (χ4n) is 1.89. The van der Waals surface area contributed by atoms with Crippen molar-refractivity contribution >= 4 is 30.5 Å². The molecule has 2 rings (SSSR count). The molecule has 0 spiro atoms. The Labute approximate surface area is 173 Å². The van der Waals surface area contributed by atoms with Crippen LogP contribution in [0.1, 0.15) is 79.6 Å². The first-order valence-electron chi connectivity index (χ1n) is 7.03. The predicted molar refractivity (Wildman–Crippen MR) is 109 cm³/mol. The van der Waals surface area contributed by atoms with Crippen LogP contribution in [0.5, 0.6) is 0 Å². The van der Waals surface area contributed by atoms with Crippen LogP contribution in [-0.4, -0.2) is 45.8 Å². The van der Waals surface area contributed by atoms with Gasteiger partial charge in [0.2, 0.25) is 0 Å². The average molecular weight is 417 g/mol. The summed E-state index contributed by atoms with van der Waals surface area (Å²) in [5, 5.41) is 34.4. The van der Waals surface area contributed by atoms with Gasteiger partial charge in [0.1, 0.15) is 6.29 Å². The molecule has 0 fully saturated rings. The van der Waals surface area contributed by atoms with Gasteiger partial charge in [-0.2, -0.15) is 5.26 Å². The Bertz CT molecular complexity index is 973. The van der Waals surface area contributed by atoms with E-state index in [0.29, 0.717) is 23.7 Å². The van der Waals surface area contributed by atoms with E-state index in [4.69, 9.17) is 20.6 Å². The quantitative estimate of drug-likeness (QED) is 0.611. The molecule has 9 heteroatoms. The third-order valence-corrected chi connectivity index (χ3v) is 3.19. The van der Waals surface area contributed by atoms with Crippen molar-refractivity contribution in [2.45, 2.75) is 22.3 Å². The highest BCUT2D eigenvalue weighted by Crippen LogP contribution is 2.12. The molecule has 3 N–H and O–H groups in total. The minimum Gasteiger partial charge on any atom is -0.478 e. The second-order valence-electron chi connectivity index (χ2n) is 4.87. The van der Waals surface area contributed by atoms with Gasteiger partial charge in [0.05, 0.1) is 28.3 Å². The number of carboxylic acid groups (broad SMARTS) is 3. The summed E-state index contributed by atoms with van der Waals surface area (Å²) >= 11 is 0. The molecule has 0 radical (unpaired) electrons. The fourth-order valence-corrected chi connectivity index (χ4v) is 1.89. The van der Waals surface area contributed by atoms with Crippen molar-refractivity contribution in [1.29, 1.82) is 5.26 Å². The van der Waals surface area contributed by atoms with E-state index in [9.17, 15) is 24.0 Å². The average Bonchev–Trinajstić information content (AvgIpc) is 2.67. The molecule has 0 saturated heterocycles. The van der Waals surface area contributed by atoms with E-state index in [1.165, 1.54) is 18.2 Å². The predicted octanol–water partition coefficient (Wildman–Crippen LogP) is 3.87. The van der Waals surface area contributed by atoms with E-state index in [1.807, 2.05) is 6.07 Å². The second-order valence-corrected chi connectivity index (χ2v) is 4.87. The molecule has 0 unspecified atom stereocenters. The first kappa shape index (κ1) is 30.4. The van der Waals surface area contributed by atoms with Gasteiger partial charge in [-0.15, -0.1) is 0 Å². The third kappa shape index (κ3) is 7.74. The van der Waals surface area contributed by atoms with Gasteiger partial charge in [0, 0.05) is 11.1 Å². The molecule has 0 aliphatic carbocycles. The number of hydrogen-bond donors (Lipinski definition) is 3. The lowest BCUT2D eigenvalue weighted by Crippen LogP contribution is -2.10. The molecule has 0 aliphatic heterocycles. The molecule has 30 heavy (non-hydrogen) atoms. The minimum atomic E-state index is -1.48. The molecule has 2 aromatic carbocycles. The monoisotopic (exact) mass is 417 g/mol. The van der Waals surface area contributed by atoms with E-state index >= 15 is 0 Å². The van der Waals surface area contributed by atoms with Gasteiger partial charge in [-0.3, -0.25) is 9.59 Å². The Morgan fingerprint density at radius 3 is 1.73 bits per heavy atom. The lowest BCUT2D eigenvalue weighted by molar-refractivity contribution is 0.0649. The molecule has 0 amide bonds. The van der Waals surface area contributed by atoms with Crippen LogP contribution >= 0.6 is 0 Å². The minimum absolute atomic E-state index is 0. The third-order valence-electron chi connectivity index (χ3n) is 3.19. The largest absolute Gasteiger partial charge is 0.478 e. The van der Waals surface area contributed by atoms with E-state index in [2.05, 4.69) is 0 Å². The number of carbonyl (C=O) groups excluding carboxylic acids is 2. The lowest BCUT2D eigenvalue weighted by Gasteiger charge is -2.02. The number of nitrogens with zero attached hydrogens (tertiary/aromatic N) is 1. The summed E-state index contributed by atoms with van der Waals surface area (Å²) in [6.45, 7) is 0. The summed E-state index contributed by atoms with van der Waals surface area (Å²) in [5.74, 6) is -4.20. The van der Waals surface area contributed by atoms with E-state index < -0.39 is 29.0 Å². The molecule has 0 bridgehead atoms. The summed E-state index contributed by atoms with van der Waals surface area (Å²) in [4.78, 5) is 52.4. The van der Waals surface area contributed by atoms with Crippen LogP contribution in [0.25, 0.3) is 0 Å². The van der Waals surface area contributed by atoms with E-state index in [-0.39, 0.29) is 33.4 Å². The van der Waals surface area contributed by atoms with Crippen LogP contribution in [0, 0.1) is 11.3 Å². The fraction of sp³-hybridized carbons (Fsp3) is 0.143.